The molecule has 0 amide bonds. The first-order chi connectivity index (χ1) is 9.18. The van der Waals surface area contributed by atoms with E-state index in [9.17, 15) is 16.8 Å². The first-order valence-corrected chi connectivity index (χ1v) is 9.46. The van der Waals surface area contributed by atoms with E-state index in [1.807, 2.05) is 0 Å². The minimum atomic E-state index is -3.69. The fourth-order valence-electron chi connectivity index (χ4n) is 2.93. The van der Waals surface area contributed by atoms with Crippen molar-refractivity contribution in [2.45, 2.75) is 37.5 Å². The lowest BCUT2D eigenvalue weighted by Gasteiger charge is -2.44. The highest BCUT2D eigenvalue weighted by molar-refractivity contribution is 7.88. The van der Waals surface area contributed by atoms with Gasteiger partial charge in [-0.3, -0.25) is 0 Å². The molecular formula is C8H12N2O8S2. The van der Waals surface area contributed by atoms with Crippen LogP contribution in [0, 0.1) is 0 Å². The van der Waals surface area contributed by atoms with Crippen LogP contribution in [-0.4, -0.2) is 75.4 Å². The van der Waals surface area contributed by atoms with Crippen molar-refractivity contribution in [3.8, 4) is 0 Å². The third-order valence-corrected chi connectivity index (χ3v) is 5.94. The topological polar surface area (TPSA) is 112 Å². The second-order valence-corrected chi connectivity index (χ2v) is 8.80. The Morgan fingerprint density at radius 1 is 0.650 bits per heavy atom. The zero-order chi connectivity index (χ0) is 14.4. The monoisotopic (exact) mass is 328 g/mol. The minimum absolute atomic E-state index is 0.948. The van der Waals surface area contributed by atoms with Crippen molar-refractivity contribution in [1.29, 1.82) is 0 Å². The van der Waals surface area contributed by atoms with Crippen LogP contribution in [0.15, 0.2) is 0 Å². The number of ether oxygens (including phenoxy) is 4. The molecule has 10 nitrogen and oxygen atoms in total. The maximum absolute atomic E-state index is 11.9. The van der Waals surface area contributed by atoms with Crippen LogP contribution in [0.5, 0.6) is 0 Å². The quantitative estimate of drug-likeness (QED) is 0.551. The number of rotatable bonds is 2. The fraction of sp³-hybridized carbons (Fsp3) is 1.00. The Hall–Kier alpha value is -0.340. The van der Waals surface area contributed by atoms with Gasteiger partial charge in [-0.1, -0.05) is 0 Å². The van der Waals surface area contributed by atoms with Crippen LogP contribution in [0.4, 0.5) is 0 Å². The molecule has 12 heteroatoms. The van der Waals surface area contributed by atoms with E-state index in [1.54, 1.807) is 0 Å². The summed E-state index contributed by atoms with van der Waals surface area (Å²) in [7, 11) is -7.38. The van der Waals surface area contributed by atoms with Gasteiger partial charge in [0, 0.05) is 0 Å². The Morgan fingerprint density at radius 2 is 0.900 bits per heavy atom. The third-order valence-electron chi connectivity index (χ3n) is 3.57. The van der Waals surface area contributed by atoms with E-state index >= 15 is 0 Å². The molecule has 0 aromatic rings. The van der Waals surface area contributed by atoms with Gasteiger partial charge in [-0.25, -0.2) is 16.8 Å². The summed E-state index contributed by atoms with van der Waals surface area (Å²) < 4.78 is 71.4. The van der Waals surface area contributed by atoms with Gasteiger partial charge in [0.2, 0.25) is 32.6 Å². The lowest BCUT2D eigenvalue weighted by molar-refractivity contribution is -0.202. The molecule has 114 valence electrons. The molecule has 0 aromatic carbocycles. The van der Waals surface area contributed by atoms with Gasteiger partial charge in [0.25, 0.3) is 0 Å². The van der Waals surface area contributed by atoms with Gasteiger partial charge < -0.3 is 18.9 Å². The highest BCUT2D eigenvalue weighted by Crippen LogP contribution is 2.47. The van der Waals surface area contributed by atoms with Crippen molar-refractivity contribution >= 4 is 20.0 Å². The van der Waals surface area contributed by atoms with Crippen molar-refractivity contribution < 1.29 is 35.8 Å². The largest absolute Gasteiger partial charge is 0.324 e. The Balaban J connectivity index is 1.89. The van der Waals surface area contributed by atoms with E-state index in [-0.39, 0.29) is 0 Å². The van der Waals surface area contributed by atoms with Crippen LogP contribution in [0.25, 0.3) is 0 Å². The van der Waals surface area contributed by atoms with Crippen LogP contribution in [0.2, 0.25) is 0 Å². The first kappa shape index (κ1) is 13.3. The number of piperazine rings is 1. The molecule has 0 aromatic heterocycles. The summed E-state index contributed by atoms with van der Waals surface area (Å²) in [4.78, 5) is 0. The van der Waals surface area contributed by atoms with Crippen LogP contribution in [0.3, 0.4) is 0 Å². The van der Waals surface area contributed by atoms with E-state index in [4.69, 9.17) is 18.9 Å². The highest BCUT2D eigenvalue weighted by Gasteiger charge is 2.69. The van der Waals surface area contributed by atoms with Gasteiger partial charge in [-0.05, 0) is 0 Å². The molecule has 5 heterocycles. The van der Waals surface area contributed by atoms with Gasteiger partial charge in [0.1, 0.15) is 0 Å². The molecule has 20 heavy (non-hydrogen) atoms. The molecular weight excluding hydrogens is 316 g/mol. The SMILES string of the molecule is CS(=O)(=O)N1C2OC3OC2N(S(C)(=O)=O)C2OC3OC21. The highest BCUT2D eigenvalue weighted by atomic mass is 32.2. The maximum Gasteiger partial charge on any atom is 0.215 e. The summed E-state index contributed by atoms with van der Waals surface area (Å²) in [5, 5.41) is 0. The van der Waals surface area contributed by atoms with Gasteiger partial charge in [0.05, 0.1) is 12.5 Å². The smallest absolute Gasteiger partial charge is 0.215 e. The number of hydrogen-bond donors (Lipinski definition) is 0. The number of nitrogens with zero attached hydrogens (tertiary/aromatic N) is 2. The van der Waals surface area contributed by atoms with Crippen molar-refractivity contribution in [2.75, 3.05) is 12.5 Å². The van der Waals surface area contributed by atoms with Crippen LogP contribution in [-0.2, 0) is 39.0 Å². The van der Waals surface area contributed by atoms with Crippen molar-refractivity contribution in [3.63, 3.8) is 0 Å². The average molecular weight is 328 g/mol. The van der Waals surface area contributed by atoms with Crippen molar-refractivity contribution in [3.05, 3.63) is 0 Å². The number of hydrogen-bond acceptors (Lipinski definition) is 8. The molecule has 5 aliphatic heterocycles. The predicted octanol–water partition coefficient (Wildman–Crippen LogP) is -2.41. The second-order valence-electron chi connectivity index (χ2n) is 5.03. The summed E-state index contributed by atoms with van der Waals surface area (Å²) in [6, 6.07) is 0. The molecule has 5 fully saturated rings. The molecule has 5 aliphatic rings. The van der Waals surface area contributed by atoms with Gasteiger partial charge in [-0.2, -0.15) is 0 Å². The van der Waals surface area contributed by atoms with E-state index in [2.05, 4.69) is 0 Å². The van der Waals surface area contributed by atoms with Crippen LogP contribution in [0.1, 0.15) is 0 Å². The predicted molar refractivity (Wildman–Crippen MR) is 60.4 cm³/mol. The van der Waals surface area contributed by atoms with E-state index < -0.39 is 57.5 Å². The van der Waals surface area contributed by atoms with Gasteiger partial charge in [0.15, 0.2) is 24.9 Å². The Morgan fingerprint density at radius 3 is 1.10 bits per heavy atom. The zero-order valence-electron chi connectivity index (χ0n) is 10.4. The molecule has 0 radical (unpaired) electrons. The molecule has 4 unspecified atom stereocenters. The molecule has 0 N–H and O–H groups in total. The molecule has 0 spiro atoms. The fourth-order valence-corrected chi connectivity index (χ4v) is 5.05. The summed E-state index contributed by atoms with van der Waals surface area (Å²) in [5.74, 6) is 0. The summed E-state index contributed by atoms with van der Waals surface area (Å²) in [6.07, 6.45) is -4.18. The lowest BCUT2D eigenvalue weighted by Crippen LogP contribution is -2.68. The van der Waals surface area contributed by atoms with E-state index in [0.717, 1.165) is 21.1 Å². The first-order valence-electron chi connectivity index (χ1n) is 5.77. The lowest BCUT2D eigenvalue weighted by atomic mass is 10.3. The molecule has 0 saturated carbocycles. The Kier molecular flexibility index (Phi) is 2.47. The molecule has 6 bridgehead atoms. The summed E-state index contributed by atoms with van der Waals surface area (Å²) in [6.45, 7) is 0. The third kappa shape index (κ3) is 1.58. The molecule has 5 saturated heterocycles. The Labute approximate surface area is 115 Å². The minimum Gasteiger partial charge on any atom is -0.324 e. The molecule has 4 atom stereocenters. The molecule has 5 rings (SSSR count). The standard InChI is InChI=1S/C8H12N2O8S2/c1-19(11,12)9-3-5-10(20(2,13)14)6-4(9)16-8(18-6)7(15-3)17-5/h3-8H,1-2H3. The maximum atomic E-state index is 11.9. The van der Waals surface area contributed by atoms with Crippen LogP contribution < -0.4 is 0 Å². The zero-order valence-corrected chi connectivity index (χ0v) is 12.1. The van der Waals surface area contributed by atoms with E-state index in [1.165, 1.54) is 0 Å². The van der Waals surface area contributed by atoms with E-state index in [0.29, 0.717) is 0 Å². The van der Waals surface area contributed by atoms with Gasteiger partial charge >= 0.3 is 0 Å². The average Bonchev–Trinajstić information content (AvgIpc) is 2.73. The number of sulfonamides is 2. The van der Waals surface area contributed by atoms with Crippen molar-refractivity contribution in [1.82, 2.24) is 8.61 Å². The van der Waals surface area contributed by atoms with Gasteiger partial charge in [-0.15, -0.1) is 8.61 Å². The summed E-state index contributed by atoms with van der Waals surface area (Å²) >= 11 is 0. The van der Waals surface area contributed by atoms with Crippen molar-refractivity contribution in [2.24, 2.45) is 0 Å². The Bertz CT molecular complexity index is 580. The van der Waals surface area contributed by atoms with Crippen LogP contribution >= 0.6 is 0 Å². The summed E-state index contributed by atoms with van der Waals surface area (Å²) in [5.41, 5.74) is 0. The second kappa shape index (κ2) is 3.70. The normalized spacial score (nSPS) is 48.1. The molecule has 0 aliphatic carbocycles.